The van der Waals surface area contributed by atoms with Gasteiger partial charge in [-0.2, -0.15) is 0 Å². The highest BCUT2D eigenvalue weighted by atomic mass is 79.9. The van der Waals surface area contributed by atoms with Crippen LogP contribution in [0.4, 0.5) is 0 Å². The number of rotatable bonds is 1. The number of aryl methyl sites for hydroxylation is 2. The van der Waals surface area contributed by atoms with Gasteiger partial charge in [0.2, 0.25) is 0 Å². The third kappa shape index (κ3) is 1.75. The minimum absolute atomic E-state index is 0.0197. The van der Waals surface area contributed by atoms with Crippen LogP contribution in [0.1, 0.15) is 34.5 Å². The number of nitrogens with one attached hydrogen (secondary N) is 2. The number of aromatic nitrogens is 1. The van der Waals surface area contributed by atoms with Crippen LogP contribution >= 0.6 is 15.9 Å². The van der Waals surface area contributed by atoms with Crippen molar-refractivity contribution in [2.45, 2.75) is 25.7 Å². The molecular formula is C14H15BrN2O. The van der Waals surface area contributed by atoms with E-state index in [9.17, 15) is 4.79 Å². The maximum absolute atomic E-state index is 12.0. The van der Waals surface area contributed by atoms with Crippen LogP contribution in [0.2, 0.25) is 0 Å². The zero-order chi connectivity index (χ0) is 12.7. The lowest BCUT2D eigenvalue weighted by molar-refractivity contribution is 0.0964. The zero-order valence-electron chi connectivity index (χ0n) is 10.3. The lowest BCUT2D eigenvalue weighted by Gasteiger charge is -2.12. The van der Waals surface area contributed by atoms with Crippen LogP contribution < -0.4 is 5.32 Å². The number of aromatic amines is 1. The number of benzene rings is 1. The van der Waals surface area contributed by atoms with Gasteiger partial charge in [-0.1, -0.05) is 15.9 Å². The molecule has 0 saturated heterocycles. The van der Waals surface area contributed by atoms with Gasteiger partial charge in [0.15, 0.2) is 0 Å². The minimum atomic E-state index is -0.0197. The van der Waals surface area contributed by atoms with Gasteiger partial charge in [-0.15, -0.1) is 0 Å². The predicted octanol–water partition coefficient (Wildman–Crippen LogP) is 3.17. The smallest absolute Gasteiger partial charge is 0.251 e. The number of carbonyl (C=O) groups is 1. The molecule has 1 aromatic heterocycles. The summed E-state index contributed by atoms with van der Waals surface area (Å²) in [7, 11) is 1.67. The Morgan fingerprint density at radius 1 is 1.33 bits per heavy atom. The van der Waals surface area contributed by atoms with E-state index in [0.29, 0.717) is 0 Å². The van der Waals surface area contributed by atoms with Gasteiger partial charge >= 0.3 is 0 Å². The van der Waals surface area contributed by atoms with E-state index in [4.69, 9.17) is 0 Å². The molecule has 2 aromatic rings. The zero-order valence-corrected chi connectivity index (χ0v) is 11.9. The van der Waals surface area contributed by atoms with Crippen molar-refractivity contribution < 1.29 is 4.79 Å². The lowest BCUT2D eigenvalue weighted by atomic mass is 9.93. The predicted molar refractivity (Wildman–Crippen MR) is 76.0 cm³/mol. The van der Waals surface area contributed by atoms with Gasteiger partial charge in [-0.3, -0.25) is 4.79 Å². The molecule has 3 nitrogen and oxygen atoms in total. The number of H-pyrrole nitrogens is 1. The van der Waals surface area contributed by atoms with Crippen molar-refractivity contribution in [2.75, 3.05) is 7.05 Å². The van der Waals surface area contributed by atoms with Gasteiger partial charge in [-0.25, -0.2) is 0 Å². The average Bonchev–Trinajstić information content (AvgIpc) is 2.74. The Morgan fingerprint density at radius 2 is 2.11 bits per heavy atom. The van der Waals surface area contributed by atoms with Gasteiger partial charge in [0.1, 0.15) is 0 Å². The topological polar surface area (TPSA) is 44.9 Å². The first-order valence-electron chi connectivity index (χ1n) is 6.25. The van der Waals surface area contributed by atoms with Crippen LogP contribution in [0.5, 0.6) is 0 Å². The van der Waals surface area contributed by atoms with E-state index in [1.807, 2.05) is 6.07 Å². The Kier molecular flexibility index (Phi) is 2.90. The van der Waals surface area contributed by atoms with E-state index in [1.54, 1.807) is 7.05 Å². The summed E-state index contributed by atoms with van der Waals surface area (Å²) in [5, 5.41) is 3.83. The van der Waals surface area contributed by atoms with Gasteiger partial charge in [0.05, 0.1) is 5.56 Å². The third-order valence-corrected chi connectivity index (χ3v) is 4.09. The summed E-state index contributed by atoms with van der Waals surface area (Å²) in [6, 6.07) is 3.96. The second-order valence-electron chi connectivity index (χ2n) is 4.74. The van der Waals surface area contributed by atoms with E-state index in [1.165, 1.54) is 24.1 Å². The second-order valence-corrected chi connectivity index (χ2v) is 5.66. The number of carbonyl (C=O) groups excluding carboxylic acids is 1. The SMILES string of the molecule is CNC(=O)c1cc(Br)cc2[nH]c3c(c12)CCCC3. The van der Waals surface area contributed by atoms with Crippen LogP contribution in [-0.4, -0.2) is 17.9 Å². The molecule has 1 amide bonds. The van der Waals surface area contributed by atoms with E-state index in [0.717, 1.165) is 33.8 Å². The van der Waals surface area contributed by atoms with Crippen LogP contribution in [0, 0.1) is 0 Å². The molecule has 1 aromatic carbocycles. The summed E-state index contributed by atoms with van der Waals surface area (Å²) in [5.41, 5.74) is 4.47. The second kappa shape index (κ2) is 4.43. The fourth-order valence-electron chi connectivity index (χ4n) is 2.83. The van der Waals surface area contributed by atoms with Crippen molar-refractivity contribution in [3.05, 3.63) is 33.4 Å². The molecule has 0 fully saturated rings. The minimum Gasteiger partial charge on any atom is -0.358 e. The molecule has 0 spiro atoms. The van der Waals surface area contributed by atoms with Gasteiger partial charge in [-0.05, 0) is 43.4 Å². The third-order valence-electron chi connectivity index (χ3n) is 3.63. The molecular weight excluding hydrogens is 292 g/mol. The molecule has 1 aliphatic rings. The Hall–Kier alpha value is -1.29. The van der Waals surface area contributed by atoms with E-state index >= 15 is 0 Å². The van der Waals surface area contributed by atoms with Crippen molar-refractivity contribution >= 4 is 32.7 Å². The monoisotopic (exact) mass is 306 g/mol. The molecule has 18 heavy (non-hydrogen) atoms. The fourth-order valence-corrected chi connectivity index (χ4v) is 3.28. The van der Waals surface area contributed by atoms with Crippen molar-refractivity contribution in [2.24, 2.45) is 0 Å². The van der Waals surface area contributed by atoms with Gasteiger partial charge < -0.3 is 10.3 Å². The molecule has 2 N–H and O–H groups in total. The quantitative estimate of drug-likeness (QED) is 0.835. The number of amides is 1. The highest BCUT2D eigenvalue weighted by molar-refractivity contribution is 9.10. The average molecular weight is 307 g/mol. The van der Waals surface area contributed by atoms with Gasteiger partial charge in [0, 0.05) is 28.1 Å². The Balaban J connectivity index is 2.33. The van der Waals surface area contributed by atoms with E-state index in [2.05, 4.69) is 32.3 Å². The molecule has 94 valence electrons. The molecule has 0 unspecified atom stereocenters. The van der Waals surface area contributed by atoms with Crippen molar-refractivity contribution in [3.63, 3.8) is 0 Å². The van der Waals surface area contributed by atoms with Crippen LogP contribution in [0.25, 0.3) is 10.9 Å². The molecule has 0 aliphatic heterocycles. The molecule has 0 bridgehead atoms. The van der Waals surface area contributed by atoms with E-state index < -0.39 is 0 Å². The van der Waals surface area contributed by atoms with Gasteiger partial charge in [0.25, 0.3) is 5.91 Å². The Morgan fingerprint density at radius 3 is 2.89 bits per heavy atom. The van der Waals surface area contributed by atoms with Crippen molar-refractivity contribution in [1.82, 2.24) is 10.3 Å². The Bertz CT molecular complexity index is 630. The first-order valence-corrected chi connectivity index (χ1v) is 7.05. The summed E-state index contributed by atoms with van der Waals surface area (Å²) in [6.07, 6.45) is 4.61. The number of hydrogen-bond acceptors (Lipinski definition) is 1. The molecule has 1 heterocycles. The first-order chi connectivity index (χ1) is 8.70. The fraction of sp³-hybridized carbons (Fsp3) is 0.357. The van der Waals surface area contributed by atoms with Crippen LogP contribution in [-0.2, 0) is 12.8 Å². The first kappa shape index (κ1) is 11.8. The van der Waals surface area contributed by atoms with Crippen LogP contribution in [0.3, 0.4) is 0 Å². The standard InChI is InChI=1S/C14H15BrN2O/c1-16-14(18)10-6-8(15)7-12-13(10)9-4-2-3-5-11(9)17-12/h6-7,17H,2-5H2,1H3,(H,16,18). The summed E-state index contributed by atoms with van der Waals surface area (Å²) in [4.78, 5) is 15.5. The van der Waals surface area contributed by atoms with Crippen molar-refractivity contribution in [1.29, 1.82) is 0 Å². The molecule has 0 radical (unpaired) electrons. The highest BCUT2D eigenvalue weighted by Gasteiger charge is 2.20. The maximum Gasteiger partial charge on any atom is 0.251 e. The summed E-state index contributed by atoms with van der Waals surface area (Å²) < 4.78 is 0.937. The summed E-state index contributed by atoms with van der Waals surface area (Å²) >= 11 is 3.47. The number of fused-ring (bicyclic) bond motifs is 3. The maximum atomic E-state index is 12.0. The van der Waals surface area contributed by atoms with Crippen LogP contribution in [0.15, 0.2) is 16.6 Å². The Labute approximate surface area is 114 Å². The van der Waals surface area contributed by atoms with E-state index in [-0.39, 0.29) is 5.91 Å². The molecule has 0 atom stereocenters. The molecule has 1 aliphatic carbocycles. The molecule has 0 saturated carbocycles. The molecule has 3 rings (SSSR count). The summed E-state index contributed by atoms with van der Waals surface area (Å²) in [6.45, 7) is 0. The van der Waals surface area contributed by atoms with Crippen molar-refractivity contribution in [3.8, 4) is 0 Å². The largest absolute Gasteiger partial charge is 0.358 e. The number of halogens is 1. The summed E-state index contributed by atoms with van der Waals surface area (Å²) in [5.74, 6) is -0.0197. The highest BCUT2D eigenvalue weighted by Crippen LogP contribution is 2.33. The number of hydrogen-bond donors (Lipinski definition) is 2. The lowest BCUT2D eigenvalue weighted by Crippen LogP contribution is -2.18. The normalized spacial score (nSPS) is 14.6. The molecule has 4 heteroatoms.